The van der Waals surface area contributed by atoms with Crippen molar-refractivity contribution in [2.24, 2.45) is 0 Å². The van der Waals surface area contributed by atoms with E-state index in [0.717, 1.165) is 16.7 Å². The van der Waals surface area contributed by atoms with Gasteiger partial charge in [-0.25, -0.2) is 0 Å². The Bertz CT molecular complexity index is 1310. The first-order chi connectivity index (χ1) is 14.6. The number of aliphatic hydroxyl groups excluding tert-OH is 1. The molecular weight excluding hydrogens is 422 g/mol. The van der Waals surface area contributed by atoms with Crippen LogP contribution in [0.3, 0.4) is 0 Å². The lowest BCUT2D eigenvalue weighted by Crippen LogP contribution is -2.31. The van der Waals surface area contributed by atoms with Crippen LogP contribution in [0.5, 0.6) is 5.75 Å². The van der Waals surface area contributed by atoms with E-state index in [0.29, 0.717) is 15.8 Å². The largest absolute Gasteiger partial charge is 0.508 e. The Labute approximate surface area is 178 Å². The number of nitrogens with zero attached hydrogens (tertiary/aromatic N) is 3. The number of aromatic nitrogens is 2. The first-order valence-corrected chi connectivity index (χ1v) is 10.7. The number of ketones is 1. The second-order valence-corrected chi connectivity index (χ2v) is 8.35. The maximum absolute atomic E-state index is 13.3. The first-order valence-electron chi connectivity index (χ1n) is 8.89. The Morgan fingerprint density at radius 3 is 2.60 bits per heavy atom. The van der Waals surface area contributed by atoms with Crippen LogP contribution in [0.4, 0.5) is 5.13 Å². The van der Waals surface area contributed by atoms with Crippen molar-refractivity contribution in [3.05, 3.63) is 81.2 Å². The van der Waals surface area contributed by atoms with Gasteiger partial charge in [0.05, 0.1) is 10.5 Å². The summed E-state index contributed by atoms with van der Waals surface area (Å²) in [4.78, 5) is 28.0. The normalized spacial score (nSPS) is 16.6. The number of anilines is 1. The van der Waals surface area contributed by atoms with E-state index in [1.165, 1.54) is 27.8 Å². The van der Waals surface area contributed by atoms with E-state index in [9.17, 15) is 19.8 Å². The number of carbonyl (C=O) groups is 2. The van der Waals surface area contributed by atoms with Gasteiger partial charge in [-0.15, -0.1) is 21.5 Å². The molecule has 0 saturated heterocycles. The van der Waals surface area contributed by atoms with E-state index in [1.54, 1.807) is 29.6 Å². The fraction of sp³-hybridized carbons (Fsp3) is 0.0476. The molecule has 2 aromatic carbocycles. The average molecular weight is 435 g/mol. The van der Waals surface area contributed by atoms with Gasteiger partial charge in [-0.1, -0.05) is 47.7 Å². The third kappa shape index (κ3) is 2.71. The molecule has 30 heavy (non-hydrogen) atoms. The Balaban J connectivity index is 1.80. The molecule has 0 fully saturated rings. The molecule has 0 radical (unpaired) electrons. The molecule has 0 bridgehead atoms. The van der Waals surface area contributed by atoms with Gasteiger partial charge in [0.1, 0.15) is 17.3 Å². The summed E-state index contributed by atoms with van der Waals surface area (Å²) >= 11 is 2.31. The van der Waals surface area contributed by atoms with Crippen LogP contribution in [0.25, 0.3) is 10.8 Å². The van der Waals surface area contributed by atoms with Gasteiger partial charge in [0, 0.05) is 5.56 Å². The number of rotatable bonds is 4. The van der Waals surface area contributed by atoms with Gasteiger partial charge >= 0.3 is 0 Å². The summed E-state index contributed by atoms with van der Waals surface area (Å²) in [6.45, 7) is 0. The molecule has 2 aromatic heterocycles. The zero-order chi connectivity index (χ0) is 20.8. The molecule has 1 aliphatic heterocycles. The molecule has 1 unspecified atom stereocenters. The average Bonchev–Trinajstić information content (AvgIpc) is 3.50. The van der Waals surface area contributed by atoms with Crippen LogP contribution >= 0.6 is 22.7 Å². The number of benzene rings is 2. The third-order valence-corrected chi connectivity index (χ3v) is 6.53. The summed E-state index contributed by atoms with van der Waals surface area (Å²) < 4.78 is 0. The summed E-state index contributed by atoms with van der Waals surface area (Å²) in [5, 5.41) is 32.8. The van der Waals surface area contributed by atoms with Crippen molar-refractivity contribution in [1.82, 2.24) is 10.2 Å². The maximum atomic E-state index is 13.3. The number of amides is 1. The predicted octanol–water partition coefficient (Wildman–Crippen LogP) is 4.24. The highest BCUT2D eigenvalue weighted by molar-refractivity contribution is 7.13. The Morgan fingerprint density at radius 2 is 1.87 bits per heavy atom. The summed E-state index contributed by atoms with van der Waals surface area (Å²) in [7, 11) is 0. The monoisotopic (exact) mass is 435 g/mol. The number of hydrogen-bond acceptors (Lipinski definition) is 8. The van der Waals surface area contributed by atoms with Gasteiger partial charge < -0.3 is 10.2 Å². The molecule has 7 nitrogen and oxygen atoms in total. The van der Waals surface area contributed by atoms with Crippen molar-refractivity contribution in [2.75, 3.05) is 4.90 Å². The quantitative estimate of drug-likeness (QED) is 0.465. The highest BCUT2D eigenvalue weighted by atomic mass is 32.1. The molecule has 148 valence electrons. The fourth-order valence-corrected chi connectivity index (χ4v) is 4.95. The Kier molecular flexibility index (Phi) is 4.34. The molecule has 1 atom stereocenters. The van der Waals surface area contributed by atoms with Crippen LogP contribution in [-0.4, -0.2) is 32.1 Å². The van der Waals surface area contributed by atoms with Crippen LogP contribution in [0.1, 0.15) is 21.3 Å². The second kappa shape index (κ2) is 7.05. The van der Waals surface area contributed by atoms with Gasteiger partial charge in [0.2, 0.25) is 10.9 Å². The van der Waals surface area contributed by atoms with Crippen molar-refractivity contribution in [2.45, 2.75) is 6.04 Å². The van der Waals surface area contributed by atoms with Gasteiger partial charge in [0.25, 0.3) is 5.91 Å². The molecular formula is C21H13N3O4S2. The maximum Gasteiger partial charge on any atom is 0.296 e. The molecule has 0 spiro atoms. The lowest BCUT2D eigenvalue weighted by Gasteiger charge is -2.25. The molecule has 1 amide bonds. The molecule has 0 aliphatic carbocycles. The zero-order valence-electron chi connectivity index (χ0n) is 15.2. The van der Waals surface area contributed by atoms with E-state index in [-0.39, 0.29) is 16.5 Å². The number of aromatic hydroxyl groups is 1. The van der Waals surface area contributed by atoms with Crippen molar-refractivity contribution < 1.29 is 19.8 Å². The van der Waals surface area contributed by atoms with Gasteiger partial charge in [-0.3, -0.25) is 14.5 Å². The topological polar surface area (TPSA) is 104 Å². The summed E-state index contributed by atoms with van der Waals surface area (Å²) in [6.07, 6.45) is 0. The van der Waals surface area contributed by atoms with Gasteiger partial charge in [-0.2, -0.15) is 0 Å². The molecule has 9 heteroatoms. The summed E-state index contributed by atoms with van der Waals surface area (Å²) in [5.41, 5.74) is 1.71. The van der Waals surface area contributed by atoms with E-state index >= 15 is 0 Å². The second-order valence-electron chi connectivity index (χ2n) is 6.59. The SMILES string of the molecule is O=C(C1=C(O)C(=O)N(c2nncs2)C1c1c(O)ccc2ccccc12)c1cccs1. The van der Waals surface area contributed by atoms with Crippen molar-refractivity contribution in [3.63, 3.8) is 0 Å². The van der Waals surface area contributed by atoms with Gasteiger partial charge in [-0.05, 0) is 28.3 Å². The molecule has 0 saturated carbocycles. The van der Waals surface area contributed by atoms with Crippen LogP contribution in [0.2, 0.25) is 0 Å². The number of thiophene rings is 1. The van der Waals surface area contributed by atoms with E-state index in [2.05, 4.69) is 10.2 Å². The van der Waals surface area contributed by atoms with Crippen LogP contribution in [-0.2, 0) is 4.79 Å². The standard InChI is InChI=1S/C21H13N3O4S2/c25-13-8-7-11-4-1-2-5-12(11)15(13)17-16(18(26)14-6-3-9-29-14)19(27)20(28)24(17)21-23-22-10-30-21/h1-10,17,25,27H. The number of hydrogen-bond donors (Lipinski definition) is 2. The van der Waals surface area contributed by atoms with E-state index < -0.39 is 23.5 Å². The van der Waals surface area contributed by atoms with E-state index in [1.807, 2.05) is 18.2 Å². The third-order valence-electron chi connectivity index (χ3n) is 4.97. The highest BCUT2D eigenvalue weighted by Gasteiger charge is 2.47. The first kappa shape index (κ1) is 18.5. The van der Waals surface area contributed by atoms with Crippen LogP contribution in [0, 0.1) is 0 Å². The number of phenols is 1. The van der Waals surface area contributed by atoms with Crippen molar-refractivity contribution >= 4 is 50.3 Å². The van der Waals surface area contributed by atoms with Crippen molar-refractivity contribution in [1.29, 1.82) is 0 Å². The number of fused-ring (bicyclic) bond motifs is 1. The minimum atomic E-state index is -1.05. The Hall–Kier alpha value is -3.56. The number of aliphatic hydroxyl groups is 1. The zero-order valence-corrected chi connectivity index (χ0v) is 16.9. The van der Waals surface area contributed by atoms with E-state index in [4.69, 9.17) is 0 Å². The molecule has 2 N–H and O–H groups in total. The molecule has 1 aliphatic rings. The minimum absolute atomic E-state index is 0.0906. The highest BCUT2D eigenvalue weighted by Crippen LogP contribution is 2.47. The lowest BCUT2D eigenvalue weighted by atomic mass is 9.91. The lowest BCUT2D eigenvalue weighted by molar-refractivity contribution is -0.117. The summed E-state index contributed by atoms with van der Waals surface area (Å²) in [6, 6.07) is 12.9. The summed E-state index contributed by atoms with van der Waals surface area (Å²) in [5.74, 6) is -1.97. The smallest absolute Gasteiger partial charge is 0.296 e. The number of phenolic OH excluding ortho intramolecular Hbond substituents is 1. The molecule has 4 aromatic rings. The van der Waals surface area contributed by atoms with Crippen molar-refractivity contribution in [3.8, 4) is 5.75 Å². The number of carbonyl (C=O) groups excluding carboxylic acids is 2. The molecule has 3 heterocycles. The van der Waals surface area contributed by atoms with Gasteiger partial charge in [0.15, 0.2) is 5.76 Å². The predicted molar refractivity (Wildman–Crippen MR) is 114 cm³/mol. The molecule has 5 rings (SSSR count). The Morgan fingerprint density at radius 1 is 1.03 bits per heavy atom. The van der Waals surface area contributed by atoms with Crippen LogP contribution < -0.4 is 4.90 Å². The minimum Gasteiger partial charge on any atom is -0.508 e. The fourth-order valence-electron chi connectivity index (χ4n) is 3.69. The van der Waals surface area contributed by atoms with Crippen LogP contribution in [0.15, 0.2) is 70.8 Å². The number of Topliss-reactive ketones (excluding diaryl/α,β-unsaturated/α-hetero) is 1.